The van der Waals surface area contributed by atoms with Crippen LogP contribution in [0.5, 0.6) is 0 Å². The van der Waals surface area contributed by atoms with Crippen LogP contribution in [0.4, 0.5) is 0 Å². The Kier molecular flexibility index (Phi) is 2.21. The molecular formula is C8H4Cl2. The van der Waals surface area contributed by atoms with Crippen LogP contribution in [0.1, 0.15) is 5.56 Å². The number of hydrogen-bond donors (Lipinski definition) is 0. The molecular weight excluding hydrogens is 167 g/mol. The van der Waals surface area contributed by atoms with Gasteiger partial charge in [0.2, 0.25) is 0 Å². The maximum atomic E-state index is 5.67. The summed E-state index contributed by atoms with van der Waals surface area (Å²) in [5, 5.41) is 1.03. The molecule has 0 radical (unpaired) electrons. The van der Waals surface area contributed by atoms with Crippen LogP contribution in [0.15, 0.2) is 18.2 Å². The fourth-order valence-electron chi connectivity index (χ4n) is 0.586. The number of terminal acetylenes is 1. The Labute approximate surface area is 69.8 Å². The second kappa shape index (κ2) is 2.96. The molecule has 0 aliphatic carbocycles. The second-order valence-electron chi connectivity index (χ2n) is 1.77. The molecule has 0 saturated carbocycles. The Morgan fingerprint density at radius 3 is 2.40 bits per heavy atom. The highest BCUT2D eigenvalue weighted by Gasteiger charge is 1.95. The molecule has 0 N–H and O–H groups in total. The third kappa shape index (κ3) is 1.44. The first-order valence-electron chi connectivity index (χ1n) is 2.65. The van der Waals surface area contributed by atoms with Crippen molar-refractivity contribution in [3.63, 3.8) is 0 Å². The first-order valence-corrected chi connectivity index (χ1v) is 3.41. The molecule has 0 saturated heterocycles. The van der Waals surface area contributed by atoms with Gasteiger partial charge in [0, 0.05) is 5.56 Å². The van der Waals surface area contributed by atoms with Crippen molar-refractivity contribution in [3.8, 4) is 12.3 Å². The summed E-state index contributed by atoms with van der Waals surface area (Å²) in [5.41, 5.74) is 0.745. The van der Waals surface area contributed by atoms with Gasteiger partial charge in [-0.25, -0.2) is 0 Å². The molecule has 2 heteroatoms. The Morgan fingerprint density at radius 1 is 1.20 bits per heavy atom. The fraction of sp³-hybridized carbons (Fsp3) is 0. The summed E-state index contributed by atoms with van der Waals surface area (Å²) >= 11 is 11.3. The van der Waals surface area contributed by atoms with E-state index in [0.29, 0.717) is 10.0 Å². The summed E-state index contributed by atoms with van der Waals surface area (Å²) in [6, 6.07) is 5.08. The van der Waals surface area contributed by atoms with E-state index in [1.165, 1.54) is 0 Å². The fourth-order valence-corrected chi connectivity index (χ4v) is 0.884. The highest BCUT2D eigenvalue weighted by molar-refractivity contribution is 6.42. The van der Waals surface area contributed by atoms with E-state index in [1.54, 1.807) is 18.2 Å². The smallest absolute Gasteiger partial charge is 0.0604 e. The van der Waals surface area contributed by atoms with Gasteiger partial charge in [0.25, 0.3) is 0 Å². The van der Waals surface area contributed by atoms with Gasteiger partial charge >= 0.3 is 0 Å². The lowest BCUT2D eigenvalue weighted by Crippen LogP contribution is -1.73. The Bertz CT molecular complexity index is 284. The van der Waals surface area contributed by atoms with Gasteiger partial charge in [-0.3, -0.25) is 0 Å². The molecule has 0 aliphatic heterocycles. The Hall–Kier alpha value is -0.640. The molecule has 50 valence electrons. The van der Waals surface area contributed by atoms with Gasteiger partial charge in [-0.1, -0.05) is 29.1 Å². The molecule has 0 fully saturated rings. The Balaban J connectivity index is 3.20. The molecule has 1 rings (SSSR count). The van der Waals surface area contributed by atoms with Crippen LogP contribution in [0.2, 0.25) is 10.0 Å². The predicted molar refractivity (Wildman–Crippen MR) is 44.4 cm³/mol. The Morgan fingerprint density at radius 2 is 1.90 bits per heavy atom. The van der Waals surface area contributed by atoms with Crippen LogP contribution in [0.25, 0.3) is 0 Å². The van der Waals surface area contributed by atoms with E-state index in [4.69, 9.17) is 29.6 Å². The van der Waals surface area contributed by atoms with Crippen LogP contribution in [0.3, 0.4) is 0 Å². The number of halogens is 2. The molecule has 1 aromatic rings. The summed E-state index contributed by atoms with van der Waals surface area (Å²) in [6.07, 6.45) is 5.12. The van der Waals surface area contributed by atoms with E-state index in [0.717, 1.165) is 5.56 Å². The average molecular weight is 171 g/mol. The van der Waals surface area contributed by atoms with E-state index >= 15 is 0 Å². The lowest BCUT2D eigenvalue weighted by Gasteiger charge is -1.93. The minimum Gasteiger partial charge on any atom is -0.115 e. The minimum atomic E-state index is 0.497. The molecule has 0 aromatic heterocycles. The van der Waals surface area contributed by atoms with Crippen LogP contribution < -0.4 is 0 Å². The van der Waals surface area contributed by atoms with Gasteiger partial charge in [0.15, 0.2) is 0 Å². The van der Waals surface area contributed by atoms with Crippen LogP contribution in [-0.4, -0.2) is 0 Å². The third-order valence-electron chi connectivity index (χ3n) is 1.09. The number of benzene rings is 1. The summed E-state index contributed by atoms with van der Waals surface area (Å²) < 4.78 is 0. The van der Waals surface area contributed by atoms with E-state index < -0.39 is 0 Å². The zero-order valence-electron chi connectivity index (χ0n) is 5.07. The zero-order chi connectivity index (χ0) is 7.56. The van der Waals surface area contributed by atoms with Crippen molar-refractivity contribution in [1.29, 1.82) is 0 Å². The number of rotatable bonds is 0. The first-order chi connectivity index (χ1) is 4.74. The highest BCUT2D eigenvalue weighted by atomic mass is 35.5. The normalized spacial score (nSPS) is 8.90. The first kappa shape index (κ1) is 7.47. The van der Waals surface area contributed by atoms with E-state index in [1.807, 2.05) is 0 Å². The van der Waals surface area contributed by atoms with Crippen molar-refractivity contribution < 1.29 is 0 Å². The molecule has 0 atom stereocenters. The van der Waals surface area contributed by atoms with Crippen molar-refractivity contribution in [2.75, 3.05) is 0 Å². The number of hydrogen-bond acceptors (Lipinski definition) is 0. The quantitative estimate of drug-likeness (QED) is 0.526. The van der Waals surface area contributed by atoms with Crippen LogP contribution in [0, 0.1) is 12.3 Å². The molecule has 10 heavy (non-hydrogen) atoms. The van der Waals surface area contributed by atoms with Gasteiger partial charge in [-0.05, 0) is 18.2 Å². The van der Waals surface area contributed by atoms with Crippen molar-refractivity contribution in [1.82, 2.24) is 0 Å². The summed E-state index contributed by atoms with van der Waals surface area (Å²) in [6.45, 7) is 0. The summed E-state index contributed by atoms with van der Waals surface area (Å²) in [7, 11) is 0. The van der Waals surface area contributed by atoms with Crippen molar-refractivity contribution in [2.45, 2.75) is 0 Å². The van der Waals surface area contributed by atoms with E-state index in [9.17, 15) is 0 Å². The summed E-state index contributed by atoms with van der Waals surface area (Å²) in [4.78, 5) is 0. The standard InChI is InChI=1S/C8H4Cl2/c1-2-6-3-4-7(9)8(10)5-6/h1,3-5H. The molecule has 1 aromatic carbocycles. The lowest BCUT2D eigenvalue weighted by molar-refractivity contribution is 1.65. The van der Waals surface area contributed by atoms with Crippen molar-refractivity contribution >= 4 is 23.2 Å². The van der Waals surface area contributed by atoms with Crippen LogP contribution >= 0.6 is 23.2 Å². The maximum absolute atomic E-state index is 5.67. The van der Waals surface area contributed by atoms with Gasteiger partial charge in [-0.2, -0.15) is 0 Å². The highest BCUT2D eigenvalue weighted by Crippen LogP contribution is 2.21. The predicted octanol–water partition coefficient (Wildman–Crippen LogP) is 2.97. The average Bonchev–Trinajstić information content (AvgIpc) is 1.95. The SMILES string of the molecule is C#Cc1ccc(Cl)c(Cl)c1. The maximum Gasteiger partial charge on any atom is 0.0604 e. The molecule has 0 spiro atoms. The molecule has 0 amide bonds. The second-order valence-corrected chi connectivity index (χ2v) is 2.59. The van der Waals surface area contributed by atoms with Gasteiger partial charge in [0.1, 0.15) is 0 Å². The zero-order valence-corrected chi connectivity index (χ0v) is 6.58. The summed E-state index contributed by atoms with van der Waals surface area (Å²) in [5.74, 6) is 2.45. The largest absolute Gasteiger partial charge is 0.115 e. The molecule has 0 unspecified atom stereocenters. The van der Waals surface area contributed by atoms with E-state index in [-0.39, 0.29) is 0 Å². The van der Waals surface area contributed by atoms with Gasteiger partial charge in [-0.15, -0.1) is 6.42 Å². The molecule has 0 aliphatic rings. The molecule has 0 bridgehead atoms. The molecule has 0 heterocycles. The van der Waals surface area contributed by atoms with Crippen LogP contribution in [-0.2, 0) is 0 Å². The third-order valence-corrected chi connectivity index (χ3v) is 1.83. The minimum absolute atomic E-state index is 0.497. The van der Waals surface area contributed by atoms with Gasteiger partial charge < -0.3 is 0 Å². The lowest BCUT2D eigenvalue weighted by atomic mass is 10.2. The molecule has 0 nitrogen and oxygen atoms in total. The topological polar surface area (TPSA) is 0 Å². The van der Waals surface area contributed by atoms with Crippen molar-refractivity contribution in [3.05, 3.63) is 33.8 Å². The van der Waals surface area contributed by atoms with Crippen molar-refractivity contribution in [2.24, 2.45) is 0 Å². The van der Waals surface area contributed by atoms with E-state index in [2.05, 4.69) is 5.92 Å². The monoisotopic (exact) mass is 170 g/mol. The van der Waals surface area contributed by atoms with Gasteiger partial charge in [0.05, 0.1) is 10.0 Å².